The van der Waals surface area contributed by atoms with Crippen molar-refractivity contribution in [2.45, 2.75) is 0 Å². The van der Waals surface area contributed by atoms with E-state index in [2.05, 4.69) is 8.14 Å². The van der Waals surface area contributed by atoms with Gasteiger partial charge in [-0.1, -0.05) is 17.7 Å². The van der Waals surface area contributed by atoms with Gasteiger partial charge in [-0.2, -0.15) is 0 Å². The largest absolute Gasteiger partial charge is 0.294 e. The highest BCUT2D eigenvalue weighted by atomic mass is 35.5. The van der Waals surface area contributed by atoms with Gasteiger partial charge in [0.15, 0.2) is 0 Å². The SMILES string of the molecule is Clc1cccc2s[nH]s[nH]c12. The van der Waals surface area contributed by atoms with E-state index in [-0.39, 0.29) is 0 Å². The van der Waals surface area contributed by atoms with Gasteiger partial charge < -0.3 is 0 Å². The van der Waals surface area contributed by atoms with E-state index >= 15 is 0 Å². The van der Waals surface area contributed by atoms with Gasteiger partial charge in [-0.25, -0.2) is 0 Å². The van der Waals surface area contributed by atoms with Crippen LogP contribution < -0.4 is 0 Å². The number of rotatable bonds is 0. The molecule has 0 amide bonds. The Balaban J connectivity index is 2.91. The highest BCUT2D eigenvalue weighted by Crippen LogP contribution is 2.22. The van der Waals surface area contributed by atoms with Crippen LogP contribution in [-0.4, -0.2) is 8.14 Å². The van der Waals surface area contributed by atoms with E-state index in [9.17, 15) is 0 Å². The van der Waals surface area contributed by atoms with Gasteiger partial charge in [0.2, 0.25) is 0 Å². The molecule has 0 aliphatic rings. The number of halogens is 1. The molecular weight excluding hydrogens is 200 g/mol. The molecule has 0 atom stereocenters. The molecule has 1 heterocycles. The Hall–Kier alpha value is -0.450. The quantitative estimate of drug-likeness (QED) is 0.660. The minimum atomic E-state index is 0.768. The second kappa shape index (κ2) is 2.89. The summed E-state index contributed by atoms with van der Waals surface area (Å²) in [7, 11) is 0. The number of H-pyrrole nitrogens is 2. The Bertz CT molecular complexity index is 388. The summed E-state index contributed by atoms with van der Waals surface area (Å²) in [5.74, 6) is 0. The molecule has 0 fully saturated rings. The molecule has 0 aliphatic heterocycles. The molecule has 11 heavy (non-hydrogen) atoms. The molecule has 0 unspecified atom stereocenters. The van der Waals surface area contributed by atoms with Crippen LogP contribution in [0.4, 0.5) is 0 Å². The molecule has 0 radical (unpaired) electrons. The van der Waals surface area contributed by atoms with Crippen LogP contribution >= 0.6 is 34.9 Å². The van der Waals surface area contributed by atoms with E-state index in [0.29, 0.717) is 0 Å². The summed E-state index contributed by atoms with van der Waals surface area (Å²) in [5, 5.41) is 0.768. The molecule has 5 heteroatoms. The van der Waals surface area contributed by atoms with Crippen LogP contribution in [0.2, 0.25) is 5.02 Å². The second-order valence-corrected chi connectivity index (χ2v) is 4.13. The summed E-state index contributed by atoms with van der Waals surface area (Å²) >= 11 is 8.92. The molecule has 1 aromatic heterocycles. The zero-order valence-electron chi connectivity index (χ0n) is 5.43. The third-order valence-corrected chi connectivity index (χ3v) is 3.17. The molecule has 2 N–H and O–H groups in total. The van der Waals surface area contributed by atoms with Crippen molar-refractivity contribution in [1.29, 1.82) is 0 Å². The van der Waals surface area contributed by atoms with E-state index < -0.39 is 0 Å². The van der Waals surface area contributed by atoms with Crippen LogP contribution in [0.15, 0.2) is 18.2 Å². The van der Waals surface area contributed by atoms with E-state index in [1.54, 1.807) is 11.5 Å². The van der Waals surface area contributed by atoms with Crippen molar-refractivity contribution in [3.63, 3.8) is 0 Å². The predicted octanol–water partition coefficient (Wildman–Crippen LogP) is 3.40. The average molecular weight is 205 g/mol. The van der Waals surface area contributed by atoms with Crippen molar-refractivity contribution < 1.29 is 0 Å². The normalized spacial score (nSPS) is 10.3. The minimum absolute atomic E-state index is 0.768. The van der Waals surface area contributed by atoms with E-state index in [1.165, 1.54) is 11.7 Å². The lowest BCUT2D eigenvalue weighted by molar-refractivity contribution is 1.61. The molecule has 0 saturated carbocycles. The molecule has 0 aliphatic carbocycles. The molecule has 1 aromatic carbocycles. The summed E-state index contributed by atoms with van der Waals surface area (Å²) in [6.07, 6.45) is 0. The number of benzene rings is 1. The Kier molecular flexibility index (Phi) is 1.89. The van der Waals surface area contributed by atoms with Crippen LogP contribution in [-0.2, 0) is 0 Å². The molecule has 2 aromatic rings. The smallest absolute Gasteiger partial charge is 0.0864 e. The lowest BCUT2D eigenvalue weighted by Gasteiger charge is -1.96. The van der Waals surface area contributed by atoms with E-state index in [0.717, 1.165) is 15.2 Å². The van der Waals surface area contributed by atoms with Gasteiger partial charge in [0.25, 0.3) is 0 Å². The monoisotopic (exact) mass is 204 g/mol. The van der Waals surface area contributed by atoms with Gasteiger partial charge in [0, 0.05) is 11.7 Å². The Labute approximate surface area is 76.6 Å². The number of para-hydroxylation sites is 1. The number of aromatic nitrogens is 2. The first-order valence-corrected chi connectivity index (χ1v) is 5.01. The average Bonchev–Trinajstić information content (AvgIpc) is 2.06. The highest BCUT2D eigenvalue weighted by Gasteiger charge is 1.96. The Morgan fingerprint density at radius 3 is 3.09 bits per heavy atom. The number of hydrogen-bond acceptors (Lipinski definition) is 2. The summed E-state index contributed by atoms with van der Waals surface area (Å²) in [6.45, 7) is 0. The van der Waals surface area contributed by atoms with Crippen LogP contribution in [0.1, 0.15) is 0 Å². The van der Waals surface area contributed by atoms with Crippen molar-refractivity contribution in [2.75, 3.05) is 0 Å². The zero-order chi connectivity index (χ0) is 7.68. The topological polar surface area (TPSA) is 31.6 Å². The van der Waals surface area contributed by atoms with Crippen molar-refractivity contribution in [3.05, 3.63) is 23.2 Å². The van der Waals surface area contributed by atoms with Crippen molar-refractivity contribution in [1.82, 2.24) is 8.14 Å². The maximum atomic E-state index is 5.93. The van der Waals surface area contributed by atoms with Gasteiger partial charge in [0.05, 0.1) is 15.2 Å². The first-order chi connectivity index (χ1) is 5.38. The molecule has 2 rings (SSSR count). The van der Waals surface area contributed by atoms with E-state index in [1.807, 2.05) is 18.2 Å². The van der Waals surface area contributed by atoms with Gasteiger partial charge >= 0.3 is 0 Å². The van der Waals surface area contributed by atoms with E-state index in [4.69, 9.17) is 11.6 Å². The molecular formula is C6H5ClN2S2. The maximum absolute atomic E-state index is 5.93. The zero-order valence-corrected chi connectivity index (χ0v) is 7.82. The van der Waals surface area contributed by atoms with Crippen molar-refractivity contribution in [2.24, 2.45) is 0 Å². The van der Waals surface area contributed by atoms with Crippen LogP contribution in [0.25, 0.3) is 10.2 Å². The Morgan fingerprint density at radius 1 is 1.36 bits per heavy atom. The number of aromatic amines is 2. The second-order valence-electron chi connectivity index (χ2n) is 2.00. The molecule has 0 spiro atoms. The van der Waals surface area contributed by atoms with Crippen LogP contribution in [0.5, 0.6) is 0 Å². The first kappa shape index (κ1) is 7.21. The lowest BCUT2D eigenvalue weighted by atomic mass is 10.3. The third kappa shape index (κ3) is 1.29. The number of nitrogens with one attached hydrogen (secondary N) is 2. The highest BCUT2D eigenvalue weighted by molar-refractivity contribution is 7.20. The standard InChI is InChI=1S/C6H5ClN2S2/c7-4-2-1-3-5-6(4)8-11-9-10-5/h1-3,8-9H. The summed E-state index contributed by atoms with van der Waals surface area (Å²) < 4.78 is 7.25. The fourth-order valence-electron chi connectivity index (χ4n) is 0.826. The van der Waals surface area contributed by atoms with Crippen LogP contribution in [0, 0.1) is 0 Å². The summed E-state index contributed by atoms with van der Waals surface area (Å²) in [4.78, 5) is 0. The molecule has 0 bridgehead atoms. The molecule has 2 nitrogen and oxygen atoms in total. The van der Waals surface area contributed by atoms with Crippen molar-refractivity contribution in [3.8, 4) is 0 Å². The molecule has 58 valence electrons. The van der Waals surface area contributed by atoms with Gasteiger partial charge in [-0.3, -0.25) is 8.14 Å². The summed E-state index contributed by atoms with van der Waals surface area (Å²) in [6, 6.07) is 5.83. The van der Waals surface area contributed by atoms with Gasteiger partial charge in [-0.15, -0.1) is 0 Å². The third-order valence-electron chi connectivity index (χ3n) is 1.32. The maximum Gasteiger partial charge on any atom is 0.0864 e. The van der Waals surface area contributed by atoms with Crippen molar-refractivity contribution >= 4 is 45.1 Å². The fourth-order valence-corrected chi connectivity index (χ4v) is 2.65. The summed E-state index contributed by atoms with van der Waals surface area (Å²) in [5.41, 5.74) is 1.00. The van der Waals surface area contributed by atoms with Crippen LogP contribution in [0.3, 0.4) is 0 Å². The first-order valence-electron chi connectivity index (χ1n) is 3.00. The minimum Gasteiger partial charge on any atom is -0.294 e. The molecule has 0 saturated heterocycles. The number of fused-ring (bicyclic) bond motifs is 1. The fraction of sp³-hybridized carbons (Fsp3) is 0. The van der Waals surface area contributed by atoms with Gasteiger partial charge in [0.1, 0.15) is 0 Å². The van der Waals surface area contributed by atoms with Gasteiger partial charge in [-0.05, 0) is 23.7 Å². The predicted molar refractivity (Wildman–Crippen MR) is 51.0 cm³/mol. The lowest BCUT2D eigenvalue weighted by Crippen LogP contribution is -1.74. The Morgan fingerprint density at radius 2 is 2.27 bits per heavy atom. The number of hydrogen-bond donors (Lipinski definition) is 2.